The smallest absolute Gasteiger partial charge is 0.174 e. The molecule has 152 valence electrons. The van der Waals surface area contributed by atoms with Crippen molar-refractivity contribution in [3.8, 4) is 12.3 Å². The Bertz CT molecular complexity index is 723. The highest BCUT2D eigenvalue weighted by atomic mass is 16.7. The van der Waals surface area contributed by atoms with Gasteiger partial charge in [0, 0.05) is 30.6 Å². The fourth-order valence-corrected chi connectivity index (χ4v) is 8.17. The topological polar surface area (TPSA) is 36.9 Å². The van der Waals surface area contributed by atoms with Crippen LogP contribution in [0.2, 0.25) is 0 Å². The maximum Gasteiger partial charge on any atom is 0.174 e. The zero-order valence-corrected chi connectivity index (χ0v) is 17.0. The fraction of sp³-hybridized carbons (Fsp3) is 0.833. The average molecular weight is 385 g/mol. The van der Waals surface area contributed by atoms with Gasteiger partial charge in [-0.1, -0.05) is 18.6 Å². The number of hydrogen-bond donors (Lipinski definition) is 0. The Morgan fingerprint density at radius 3 is 2.54 bits per heavy atom. The van der Waals surface area contributed by atoms with Gasteiger partial charge in [-0.05, 0) is 49.4 Å². The molecule has 4 heteroatoms. The molecule has 0 amide bonds. The highest BCUT2D eigenvalue weighted by molar-refractivity contribution is 5.25. The van der Waals surface area contributed by atoms with Crippen molar-refractivity contribution < 1.29 is 18.9 Å². The van der Waals surface area contributed by atoms with Crippen molar-refractivity contribution in [1.29, 1.82) is 0 Å². The van der Waals surface area contributed by atoms with Gasteiger partial charge in [-0.3, -0.25) is 0 Å². The third-order valence-corrected chi connectivity index (χ3v) is 9.28. The summed E-state index contributed by atoms with van der Waals surface area (Å²) in [6.45, 7) is 5.34. The van der Waals surface area contributed by atoms with Crippen LogP contribution in [-0.4, -0.2) is 38.0 Å². The lowest BCUT2D eigenvalue weighted by Crippen LogP contribution is -2.56. The van der Waals surface area contributed by atoms with E-state index in [1.807, 2.05) is 0 Å². The normalized spacial score (nSPS) is 48.0. The van der Waals surface area contributed by atoms with E-state index in [0.29, 0.717) is 29.6 Å². The van der Waals surface area contributed by atoms with Gasteiger partial charge in [-0.25, -0.2) is 0 Å². The van der Waals surface area contributed by atoms with Gasteiger partial charge in [-0.15, -0.1) is 12.3 Å². The summed E-state index contributed by atoms with van der Waals surface area (Å²) in [5.74, 6) is 5.32. The molecule has 2 aliphatic heterocycles. The van der Waals surface area contributed by atoms with Crippen LogP contribution in [0.15, 0.2) is 11.6 Å². The van der Waals surface area contributed by atoms with E-state index in [1.165, 1.54) is 6.42 Å². The minimum absolute atomic E-state index is 0.0423. The summed E-state index contributed by atoms with van der Waals surface area (Å²) in [4.78, 5) is 0. The lowest BCUT2D eigenvalue weighted by molar-refractivity contribution is -0.245. The van der Waals surface area contributed by atoms with Crippen LogP contribution < -0.4 is 0 Å². The molecule has 0 unspecified atom stereocenters. The lowest BCUT2D eigenvalue weighted by Gasteiger charge is -2.57. The van der Waals surface area contributed by atoms with Gasteiger partial charge >= 0.3 is 0 Å². The summed E-state index contributed by atoms with van der Waals surface area (Å²) in [5, 5.41) is 0. The van der Waals surface area contributed by atoms with E-state index in [1.54, 1.807) is 5.57 Å². The Labute approximate surface area is 168 Å². The Hall–Kier alpha value is -0.860. The predicted octanol–water partition coefficient (Wildman–Crippen LogP) is 3.90. The van der Waals surface area contributed by atoms with Crippen LogP contribution in [0, 0.1) is 47.3 Å². The quantitative estimate of drug-likeness (QED) is 0.469. The van der Waals surface area contributed by atoms with Crippen LogP contribution in [0.5, 0.6) is 0 Å². The fourth-order valence-electron chi connectivity index (χ4n) is 8.17. The zero-order valence-electron chi connectivity index (χ0n) is 17.0. The second-order valence-corrected chi connectivity index (χ2v) is 10.2. The largest absolute Gasteiger partial charge is 0.347 e. The molecule has 0 radical (unpaired) electrons. The van der Waals surface area contributed by atoms with Gasteiger partial charge in [0.05, 0.1) is 26.4 Å². The molecule has 0 N–H and O–H groups in total. The van der Waals surface area contributed by atoms with E-state index in [4.69, 9.17) is 25.4 Å². The molecule has 6 aliphatic rings. The molecule has 4 aliphatic carbocycles. The van der Waals surface area contributed by atoms with Gasteiger partial charge in [0.2, 0.25) is 0 Å². The minimum atomic E-state index is -0.385. The van der Waals surface area contributed by atoms with Gasteiger partial charge in [0.15, 0.2) is 11.6 Å². The van der Waals surface area contributed by atoms with E-state index in [0.717, 1.165) is 65.0 Å². The Morgan fingerprint density at radius 2 is 1.79 bits per heavy atom. The lowest BCUT2D eigenvalue weighted by atomic mass is 9.49. The molecule has 6 rings (SSSR count). The van der Waals surface area contributed by atoms with E-state index in [9.17, 15) is 0 Å². The molecule has 4 nitrogen and oxygen atoms in total. The average Bonchev–Trinajstić information content (AvgIpc) is 3.43. The van der Waals surface area contributed by atoms with Crippen molar-refractivity contribution in [1.82, 2.24) is 0 Å². The summed E-state index contributed by atoms with van der Waals surface area (Å²) in [5.41, 5.74) is 1.60. The second kappa shape index (κ2) is 6.08. The van der Waals surface area contributed by atoms with E-state index >= 15 is 0 Å². The molecule has 0 bridgehead atoms. The summed E-state index contributed by atoms with van der Waals surface area (Å²) < 4.78 is 24.6. The maximum atomic E-state index is 6.28. The van der Waals surface area contributed by atoms with Crippen molar-refractivity contribution in [3.05, 3.63) is 11.6 Å². The van der Waals surface area contributed by atoms with Crippen molar-refractivity contribution in [3.63, 3.8) is 0 Å². The first-order valence-corrected chi connectivity index (χ1v) is 11.3. The SMILES string of the molecule is C#C[C@H]1C[C@@]2(C)[C@@H](CCC23OCCO3)[C@@H]2CC=C3CC4(CC[C@@H]3[C@H]21)OCCO4. The molecular formula is C24H32O4. The summed E-state index contributed by atoms with van der Waals surface area (Å²) in [6.07, 6.45) is 16.2. The number of hydrogen-bond acceptors (Lipinski definition) is 4. The van der Waals surface area contributed by atoms with Crippen LogP contribution in [-0.2, 0) is 18.9 Å². The summed E-state index contributed by atoms with van der Waals surface area (Å²) in [6, 6.07) is 0. The van der Waals surface area contributed by atoms with Crippen molar-refractivity contribution >= 4 is 0 Å². The predicted molar refractivity (Wildman–Crippen MR) is 104 cm³/mol. The van der Waals surface area contributed by atoms with Crippen molar-refractivity contribution in [2.24, 2.45) is 35.0 Å². The van der Waals surface area contributed by atoms with Crippen LogP contribution in [0.3, 0.4) is 0 Å². The van der Waals surface area contributed by atoms with Crippen LogP contribution in [0.4, 0.5) is 0 Å². The summed E-state index contributed by atoms with van der Waals surface area (Å²) >= 11 is 0. The molecule has 28 heavy (non-hydrogen) atoms. The first-order valence-electron chi connectivity index (χ1n) is 11.3. The highest BCUT2D eigenvalue weighted by Crippen LogP contribution is 2.68. The summed E-state index contributed by atoms with van der Waals surface area (Å²) in [7, 11) is 0. The zero-order chi connectivity index (χ0) is 19.0. The number of rotatable bonds is 0. The molecule has 6 atom stereocenters. The van der Waals surface area contributed by atoms with E-state index < -0.39 is 0 Å². The number of terminal acetylenes is 1. The molecular weight excluding hydrogens is 352 g/mol. The number of ether oxygens (including phenoxy) is 4. The Balaban J connectivity index is 1.34. The third kappa shape index (κ3) is 2.23. The highest BCUT2D eigenvalue weighted by Gasteiger charge is 2.67. The molecule has 0 aromatic carbocycles. The van der Waals surface area contributed by atoms with Gasteiger partial charge in [0.25, 0.3) is 0 Å². The molecule has 0 aromatic heterocycles. The number of fused-ring (bicyclic) bond motifs is 6. The molecule has 2 saturated heterocycles. The van der Waals surface area contributed by atoms with Crippen molar-refractivity contribution in [2.75, 3.05) is 26.4 Å². The number of allylic oxidation sites excluding steroid dienone is 1. The van der Waals surface area contributed by atoms with Gasteiger partial charge in [0.1, 0.15) is 0 Å². The van der Waals surface area contributed by atoms with E-state index in [-0.39, 0.29) is 17.0 Å². The molecule has 2 heterocycles. The van der Waals surface area contributed by atoms with Crippen LogP contribution in [0.25, 0.3) is 0 Å². The van der Waals surface area contributed by atoms with E-state index in [2.05, 4.69) is 18.9 Å². The first kappa shape index (κ1) is 18.0. The molecule has 0 aromatic rings. The molecule has 2 spiro atoms. The van der Waals surface area contributed by atoms with Crippen molar-refractivity contribution in [2.45, 2.75) is 63.4 Å². The minimum Gasteiger partial charge on any atom is -0.347 e. The Kier molecular flexibility index (Phi) is 3.90. The first-order chi connectivity index (χ1) is 13.6. The van der Waals surface area contributed by atoms with Gasteiger partial charge < -0.3 is 18.9 Å². The molecule has 5 fully saturated rings. The monoisotopic (exact) mass is 384 g/mol. The van der Waals surface area contributed by atoms with Gasteiger partial charge in [-0.2, -0.15) is 0 Å². The third-order valence-electron chi connectivity index (χ3n) is 9.28. The van der Waals surface area contributed by atoms with Crippen LogP contribution >= 0.6 is 0 Å². The standard InChI is InChI=1S/C24H32O4/c1-3-16-14-22(2)20(7-9-24(22)27-12-13-28-24)19-5-4-17-15-23(25-10-11-26-23)8-6-18(17)21(16)19/h1,4,16,18-21H,5-15H2,2H3/t16-,18-,19-,20-,21+,22-/m0/s1. The van der Waals surface area contributed by atoms with Crippen LogP contribution in [0.1, 0.15) is 51.9 Å². The molecule has 3 saturated carbocycles. The second-order valence-electron chi connectivity index (χ2n) is 10.2. The Morgan fingerprint density at radius 1 is 1.04 bits per heavy atom. The maximum absolute atomic E-state index is 6.28.